The van der Waals surface area contributed by atoms with Gasteiger partial charge in [-0.25, -0.2) is 0 Å². The Balaban J connectivity index is 3.25. The quantitative estimate of drug-likeness (QED) is 0.844. The molecule has 0 aromatic heterocycles. The van der Waals surface area contributed by atoms with E-state index in [9.17, 15) is 0 Å². The Hall–Kier alpha value is -1.02. The number of hydrogen-bond acceptors (Lipinski definition) is 2. The van der Waals surface area contributed by atoms with E-state index in [1.165, 1.54) is 16.7 Å². The summed E-state index contributed by atoms with van der Waals surface area (Å²) >= 11 is 0. The monoisotopic (exact) mass is 221 g/mol. The summed E-state index contributed by atoms with van der Waals surface area (Å²) in [6.45, 7) is 11.2. The van der Waals surface area contributed by atoms with Crippen molar-refractivity contribution in [2.24, 2.45) is 5.73 Å². The van der Waals surface area contributed by atoms with Crippen molar-refractivity contribution in [3.05, 3.63) is 28.8 Å². The summed E-state index contributed by atoms with van der Waals surface area (Å²) in [5, 5.41) is 0. The molecule has 90 valence electrons. The fourth-order valence-electron chi connectivity index (χ4n) is 1.94. The van der Waals surface area contributed by atoms with Gasteiger partial charge in [-0.1, -0.05) is 19.9 Å². The second-order valence-electron chi connectivity index (χ2n) is 4.62. The van der Waals surface area contributed by atoms with Crippen molar-refractivity contribution >= 4 is 0 Å². The number of benzene rings is 1. The number of rotatable bonds is 4. The fourth-order valence-corrected chi connectivity index (χ4v) is 1.94. The molecule has 1 aromatic rings. The van der Waals surface area contributed by atoms with Crippen LogP contribution in [0.15, 0.2) is 12.1 Å². The molecule has 0 spiro atoms. The molecule has 1 atom stereocenters. The lowest BCUT2D eigenvalue weighted by molar-refractivity contribution is 0.334. The summed E-state index contributed by atoms with van der Waals surface area (Å²) in [5.74, 6) is 1.46. The highest BCUT2D eigenvalue weighted by molar-refractivity contribution is 5.44. The molecule has 0 aliphatic rings. The van der Waals surface area contributed by atoms with Crippen LogP contribution in [0.4, 0.5) is 0 Å². The largest absolute Gasteiger partial charge is 0.494 e. The highest BCUT2D eigenvalue weighted by Crippen LogP contribution is 2.31. The maximum Gasteiger partial charge on any atom is 0.123 e. The van der Waals surface area contributed by atoms with Crippen LogP contribution in [0.25, 0.3) is 0 Å². The van der Waals surface area contributed by atoms with Crippen LogP contribution in [0.5, 0.6) is 5.75 Å². The summed E-state index contributed by atoms with van der Waals surface area (Å²) in [7, 11) is 0. The van der Waals surface area contributed by atoms with Gasteiger partial charge in [-0.2, -0.15) is 0 Å². The molecular weight excluding hydrogens is 198 g/mol. The van der Waals surface area contributed by atoms with Crippen molar-refractivity contribution in [1.82, 2.24) is 0 Å². The fraction of sp³-hybridized carbons (Fsp3) is 0.571. The molecule has 16 heavy (non-hydrogen) atoms. The Labute approximate surface area is 98.8 Å². The lowest BCUT2D eigenvalue weighted by Gasteiger charge is -2.18. The molecule has 0 saturated carbocycles. The molecule has 0 amide bonds. The Bertz CT molecular complexity index is 356. The Morgan fingerprint density at radius 3 is 2.25 bits per heavy atom. The minimum Gasteiger partial charge on any atom is -0.494 e. The van der Waals surface area contributed by atoms with Crippen molar-refractivity contribution < 1.29 is 4.74 Å². The maximum atomic E-state index is 5.97. The number of ether oxygens (including phenoxy) is 1. The van der Waals surface area contributed by atoms with Crippen LogP contribution in [0.3, 0.4) is 0 Å². The minimum absolute atomic E-state index is 0.0770. The topological polar surface area (TPSA) is 35.2 Å². The maximum absolute atomic E-state index is 5.97. The second kappa shape index (κ2) is 5.35. The predicted octanol–water partition coefficient (Wildman–Crippen LogP) is 3.54. The first-order chi connectivity index (χ1) is 7.47. The smallest absolute Gasteiger partial charge is 0.123 e. The van der Waals surface area contributed by atoms with E-state index in [2.05, 4.69) is 32.9 Å². The van der Waals surface area contributed by atoms with Crippen molar-refractivity contribution in [1.29, 1.82) is 0 Å². The Morgan fingerprint density at radius 2 is 1.81 bits per heavy atom. The van der Waals surface area contributed by atoms with Gasteiger partial charge in [-0.05, 0) is 49.4 Å². The van der Waals surface area contributed by atoms with E-state index >= 15 is 0 Å². The molecule has 1 unspecified atom stereocenters. The molecule has 0 fully saturated rings. The number of nitrogens with two attached hydrogens (primary N) is 1. The molecule has 2 heteroatoms. The molecule has 1 rings (SSSR count). The average Bonchev–Trinajstić information content (AvgIpc) is 2.17. The van der Waals surface area contributed by atoms with E-state index < -0.39 is 0 Å². The van der Waals surface area contributed by atoms with E-state index in [0.29, 0.717) is 12.5 Å². The number of aryl methyl sites for hydroxylation is 1. The summed E-state index contributed by atoms with van der Waals surface area (Å²) in [4.78, 5) is 0. The van der Waals surface area contributed by atoms with Crippen molar-refractivity contribution in [2.75, 3.05) is 6.61 Å². The van der Waals surface area contributed by atoms with Crippen LogP contribution in [-0.2, 0) is 0 Å². The highest BCUT2D eigenvalue weighted by atomic mass is 16.5. The second-order valence-corrected chi connectivity index (χ2v) is 4.62. The molecule has 0 aliphatic heterocycles. The van der Waals surface area contributed by atoms with E-state index in [4.69, 9.17) is 10.5 Å². The zero-order valence-corrected chi connectivity index (χ0v) is 11.0. The average molecular weight is 221 g/mol. The zero-order valence-electron chi connectivity index (χ0n) is 11.0. The van der Waals surface area contributed by atoms with Gasteiger partial charge in [0.2, 0.25) is 0 Å². The minimum atomic E-state index is 0.0770. The summed E-state index contributed by atoms with van der Waals surface area (Å²) in [6, 6.07) is 4.38. The van der Waals surface area contributed by atoms with Crippen molar-refractivity contribution in [2.45, 2.75) is 46.6 Å². The van der Waals surface area contributed by atoms with Crippen LogP contribution in [0.2, 0.25) is 0 Å². The van der Waals surface area contributed by atoms with Gasteiger partial charge in [0.1, 0.15) is 5.75 Å². The van der Waals surface area contributed by atoms with Gasteiger partial charge in [0.15, 0.2) is 0 Å². The third-order valence-electron chi connectivity index (χ3n) is 2.81. The third-order valence-corrected chi connectivity index (χ3v) is 2.81. The molecule has 0 heterocycles. The number of hydrogen-bond donors (Lipinski definition) is 1. The summed E-state index contributed by atoms with van der Waals surface area (Å²) in [6.07, 6.45) is 0. The molecule has 1 aromatic carbocycles. The molecule has 2 nitrogen and oxygen atoms in total. The van der Waals surface area contributed by atoms with Gasteiger partial charge in [-0.3, -0.25) is 0 Å². The predicted molar refractivity (Wildman–Crippen MR) is 69.0 cm³/mol. The molecule has 2 N–H and O–H groups in total. The van der Waals surface area contributed by atoms with Crippen molar-refractivity contribution in [3.8, 4) is 5.75 Å². The normalized spacial score (nSPS) is 12.9. The van der Waals surface area contributed by atoms with E-state index in [-0.39, 0.29) is 6.04 Å². The first kappa shape index (κ1) is 13.0. The standard InChI is InChI=1S/C14H23NO/c1-6-16-14-7-10(4)13(11(5)15)8-12(14)9(2)3/h7-9,11H,6,15H2,1-5H3. The van der Waals surface area contributed by atoms with E-state index in [1.807, 2.05) is 13.8 Å². The van der Waals surface area contributed by atoms with Crippen LogP contribution in [0, 0.1) is 6.92 Å². The molecule has 0 radical (unpaired) electrons. The van der Waals surface area contributed by atoms with Crippen LogP contribution in [-0.4, -0.2) is 6.61 Å². The Morgan fingerprint density at radius 1 is 1.19 bits per heavy atom. The lowest BCUT2D eigenvalue weighted by atomic mass is 9.94. The first-order valence-corrected chi connectivity index (χ1v) is 6.00. The molecule has 0 aliphatic carbocycles. The summed E-state index contributed by atoms with van der Waals surface area (Å²) in [5.41, 5.74) is 9.64. The van der Waals surface area contributed by atoms with E-state index in [1.54, 1.807) is 0 Å². The van der Waals surface area contributed by atoms with Gasteiger partial charge < -0.3 is 10.5 Å². The lowest BCUT2D eigenvalue weighted by Crippen LogP contribution is -2.09. The van der Waals surface area contributed by atoms with Gasteiger partial charge >= 0.3 is 0 Å². The first-order valence-electron chi connectivity index (χ1n) is 6.00. The summed E-state index contributed by atoms with van der Waals surface area (Å²) < 4.78 is 5.67. The highest BCUT2D eigenvalue weighted by Gasteiger charge is 2.13. The molecule has 0 saturated heterocycles. The van der Waals surface area contributed by atoms with Crippen LogP contribution >= 0.6 is 0 Å². The van der Waals surface area contributed by atoms with Gasteiger partial charge in [-0.15, -0.1) is 0 Å². The van der Waals surface area contributed by atoms with Crippen LogP contribution in [0.1, 0.15) is 56.3 Å². The van der Waals surface area contributed by atoms with Crippen LogP contribution < -0.4 is 10.5 Å². The SMILES string of the molecule is CCOc1cc(C)c(C(C)N)cc1C(C)C. The van der Waals surface area contributed by atoms with E-state index in [0.717, 1.165) is 5.75 Å². The molecular formula is C14H23NO. The zero-order chi connectivity index (χ0) is 12.3. The van der Waals surface area contributed by atoms with Crippen molar-refractivity contribution in [3.63, 3.8) is 0 Å². The van der Waals surface area contributed by atoms with Gasteiger partial charge in [0, 0.05) is 6.04 Å². The van der Waals surface area contributed by atoms with Gasteiger partial charge in [0.05, 0.1) is 6.61 Å². The molecule has 0 bridgehead atoms. The third kappa shape index (κ3) is 2.76. The Kier molecular flexibility index (Phi) is 4.36. The van der Waals surface area contributed by atoms with Gasteiger partial charge in [0.25, 0.3) is 0 Å².